The average molecular weight is 251 g/mol. The molecule has 0 amide bonds. The molecule has 4 N–H and O–H groups in total. The standard InChI is InChI=1S/C9H10N6OS/c1-9(10)5-6(16)13-8(14-9)15(17)7-11-3-2-4-12-7/h2-5H,10H2,1H3,(H-,13,14,16)/p+1. The maximum Gasteiger partial charge on any atom is 0.371 e. The molecule has 0 radical (unpaired) electrons. The summed E-state index contributed by atoms with van der Waals surface area (Å²) in [6, 6.07) is 1.67. The van der Waals surface area contributed by atoms with Crippen LogP contribution in [0.15, 0.2) is 35.4 Å². The molecule has 0 bridgehead atoms. The Morgan fingerprint density at radius 1 is 1.47 bits per heavy atom. The molecule has 17 heavy (non-hydrogen) atoms. The fourth-order valence-electron chi connectivity index (χ4n) is 1.30. The predicted molar refractivity (Wildman–Crippen MR) is 63.2 cm³/mol. The molecule has 0 spiro atoms. The molecule has 88 valence electrons. The molecule has 1 unspecified atom stereocenters. The summed E-state index contributed by atoms with van der Waals surface area (Å²) in [5, 5.41) is 12.1. The van der Waals surface area contributed by atoms with Crippen LogP contribution in [0.2, 0.25) is 0 Å². The number of guanidine groups is 1. The van der Waals surface area contributed by atoms with Crippen molar-refractivity contribution in [2.45, 2.75) is 12.6 Å². The molecule has 0 saturated carbocycles. The van der Waals surface area contributed by atoms with Gasteiger partial charge in [-0.15, -0.1) is 18.9 Å². The molecule has 2 rings (SSSR count). The van der Waals surface area contributed by atoms with Crippen LogP contribution in [0.4, 0.5) is 5.95 Å². The summed E-state index contributed by atoms with van der Waals surface area (Å²) in [6.07, 6.45) is 4.50. The zero-order valence-corrected chi connectivity index (χ0v) is 9.85. The van der Waals surface area contributed by atoms with Crippen molar-refractivity contribution < 1.29 is 9.05 Å². The molecule has 0 fully saturated rings. The third-order valence-electron chi connectivity index (χ3n) is 1.94. The minimum Gasteiger partial charge on any atom is -0.488 e. The SMILES string of the molecule is CC1(N)C=C(O)NC([N+](=S)c2ncccn2)=N1. The van der Waals surface area contributed by atoms with Gasteiger partial charge in [0.05, 0.1) is 24.8 Å². The maximum atomic E-state index is 9.49. The molecular weight excluding hydrogens is 240 g/mol. The van der Waals surface area contributed by atoms with Gasteiger partial charge >= 0.3 is 11.9 Å². The van der Waals surface area contributed by atoms with Crippen molar-refractivity contribution in [3.8, 4) is 0 Å². The van der Waals surface area contributed by atoms with E-state index in [1.165, 1.54) is 10.0 Å². The molecule has 1 aliphatic rings. The first kappa shape index (κ1) is 11.6. The number of aliphatic hydroxyl groups excluding tert-OH is 1. The molecule has 0 saturated heterocycles. The Hall–Kier alpha value is -1.93. The van der Waals surface area contributed by atoms with Gasteiger partial charge in [-0.3, -0.25) is 5.73 Å². The molecule has 1 atom stereocenters. The molecule has 0 aromatic carbocycles. The van der Waals surface area contributed by atoms with E-state index in [0.717, 1.165) is 0 Å². The molecule has 1 aromatic heterocycles. The Bertz CT molecular complexity index is 509. The van der Waals surface area contributed by atoms with Gasteiger partial charge in [0.25, 0.3) is 0 Å². The summed E-state index contributed by atoms with van der Waals surface area (Å²) in [5.41, 5.74) is 4.78. The summed E-state index contributed by atoms with van der Waals surface area (Å²) >= 11 is 5.10. The lowest BCUT2D eigenvalue weighted by Crippen LogP contribution is -2.44. The lowest BCUT2D eigenvalue weighted by Gasteiger charge is -2.18. The lowest BCUT2D eigenvalue weighted by molar-refractivity contribution is -0.288. The number of nitrogens with two attached hydrogens (primary N) is 1. The minimum absolute atomic E-state index is 0.106. The van der Waals surface area contributed by atoms with Crippen molar-refractivity contribution >= 4 is 24.3 Å². The maximum absolute atomic E-state index is 9.49. The summed E-state index contributed by atoms with van der Waals surface area (Å²) in [6.45, 7) is 1.64. The number of hydrogen-bond donors (Lipinski definition) is 3. The number of hydrogen-bond acceptors (Lipinski definition) is 7. The van der Waals surface area contributed by atoms with Gasteiger partial charge in [-0.1, -0.05) is 0 Å². The third kappa shape index (κ3) is 2.60. The molecule has 8 heteroatoms. The second-order valence-electron chi connectivity index (χ2n) is 3.66. The van der Waals surface area contributed by atoms with E-state index in [2.05, 4.69) is 20.3 Å². The van der Waals surface area contributed by atoms with Crippen LogP contribution in [-0.2, 0) is 12.4 Å². The second-order valence-corrected chi connectivity index (χ2v) is 4.02. The zero-order valence-electron chi connectivity index (χ0n) is 9.03. The summed E-state index contributed by atoms with van der Waals surface area (Å²) in [4.78, 5) is 12.1. The van der Waals surface area contributed by atoms with Crippen LogP contribution in [0.25, 0.3) is 0 Å². The number of aliphatic hydroxyl groups is 1. The topological polar surface area (TPSA) is 99.4 Å². The van der Waals surface area contributed by atoms with E-state index < -0.39 is 5.66 Å². The van der Waals surface area contributed by atoms with Crippen molar-refractivity contribution in [3.63, 3.8) is 0 Å². The highest BCUT2D eigenvalue weighted by Gasteiger charge is 2.30. The van der Waals surface area contributed by atoms with Crippen LogP contribution < -0.4 is 11.1 Å². The number of aromatic nitrogens is 2. The van der Waals surface area contributed by atoms with Crippen LogP contribution in [0.5, 0.6) is 0 Å². The Morgan fingerprint density at radius 2 is 2.12 bits per heavy atom. The van der Waals surface area contributed by atoms with E-state index in [9.17, 15) is 5.11 Å². The van der Waals surface area contributed by atoms with E-state index in [1.54, 1.807) is 25.4 Å². The fraction of sp³-hybridized carbons (Fsp3) is 0.222. The quantitative estimate of drug-likeness (QED) is 0.602. The van der Waals surface area contributed by atoms with Crippen LogP contribution in [0.3, 0.4) is 0 Å². The van der Waals surface area contributed by atoms with E-state index >= 15 is 0 Å². The van der Waals surface area contributed by atoms with Crippen LogP contribution in [0.1, 0.15) is 6.92 Å². The summed E-state index contributed by atoms with van der Waals surface area (Å²) in [5.74, 6) is 0.376. The van der Waals surface area contributed by atoms with Gasteiger partial charge in [0.2, 0.25) is 5.88 Å². The highest BCUT2D eigenvalue weighted by Crippen LogP contribution is 2.12. The van der Waals surface area contributed by atoms with E-state index in [1.807, 2.05) is 0 Å². The molecule has 0 aliphatic carbocycles. The fourth-order valence-corrected chi connectivity index (χ4v) is 1.48. The first-order valence-corrected chi connectivity index (χ1v) is 5.16. The van der Waals surface area contributed by atoms with Crippen LogP contribution in [-0.4, -0.2) is 30.6 Å². The molecular formula is C9H11N6OS+. The first-order valence-electron chi connectivity index (χ1n) is 4.80. The number of aliphatic imine (C=N–C) groups is 1. The van der Waals surface area contributed by atoms with Crippen LogP contribution in [0, 0.1) is 0 Å². The summed E-state index contributed by atoms with van der Waals surface area (Å²) < 4.78 is 1.19. The average Bonchev–Trinajstić information content (AvgIpc) is 2.26. The first-order chi connectivity index (χ1) is 7.98. The van der Waals surface area contributed by atoms with E-state index in [-0.39, 0.29) is 17.8 Å². The van der Waals surface area contributed by atoms with Crippen molar-refractivity contribution in [1.29, 1.82) is 0 Å². The number of nitrogens with zero attached hydrogens (tertiary/aromatic N) is 4. The predicted octanol–water partition coefficient (Wildman–Crippen LogP) is -0.115. The van der Waals surface area contributed by atoms with Gasteiger partial charge in [0.1, 0.15) is 0 Å². The van der Waals surface area contributed by atoms with Crippen molar-refractivity contribution in [2.75, 3.05) is 0 Å². The zero-order chi connectivity index (χ0) is 12.5. The summed E-state index contributed by atoms with van der Waals surface area (Å²) in [7, 11) is 0. The van der Waals surface area contributed by atoms with E-state index in [4.69, 9.17) is 18.2 Å². The lowest BCUT2D eigenvalue weighted by atomic mass is 10.2. The Balaban J connectivity index is 2.31. The normalized spacial score (nSPS) is 23.4. The Morgan fingerprint density at radius 3 is 2.71 bits per heavy atom. The van der Waals surface area contributed by atoms with Crippen molar-refractivity contribution in [1.82, 2.24) is 15.3 Å². The smallest absolute Gasteiger partial charge is 0.371 e. The molecule has 7 nitrogen and oxygen atoms in total. The number of rotatable bonds is 1. The monoisotopic (exact) mass is 251 g/mol. The second kappa shape index (κ2) is 4.15. The number of nitrogens with one attached hydrogen (secondary N) is 1. The Labute approximate surface area is 103 Å². The Kier molecular flexibility index (Phi) is 2.82. The van der Waals surface area contributed by atoms with Gasteiger partial charge in [-0.2, -0.15) is 0 Å². The van der Waals surface area contributed by atoms with Gasteiger partial charge in [0, 0.05) is 6.08 Å². The molecule has 1 aliphatic heterocycles. The third-order valence-corrected chi connectivity index (χ3v) is 2.28. The van der Waals surface area contributed by atoms with E-state index in [0.29, 0.717) is 0 Å². The van der Waals surface area contributed by atoms with Gasteiger partial charge in [-0.05, 0) is 13.0 Å². The highest BCUT2D eigenvalue weighted by atomic mass is 32.1. The van der Waals surface area contributed by atoms with Crippen molar-refractivity contribution in [3.05, 3.63) is 30.4 Å². The molecule has 2 heterocycles. The molecule has 1 aromatic rings. The highest BCUT2D eigenvalue weighted by molar-refractivity contribution is 7.44. The van der Waals surface area contributed by atoms with Crippen LogP contribution >= 0.6 is 0 Å². The minimum atomic E-state index is -1.02. The van der Waals surface area contributed by atoms with Gasteiger partial charge in [0.15, 0.2) is 5.66 Å². The van der Waals surface area contributed by atoms with Gasteiger partial charge in [-0.25, -0.2) is 5.32 Å². The van der Waals surface area contributed by atoms with Gasteiger partial charge < -0.3 is 5.11 Å². The van der Waals surface area contributed by atoms with Crippen molar-refractivity contribution in [2.24, 2.45) is 10.7 Å². The largest absolute Gasteiger partial charge is 0.488 e.